The number of hydrogen-bond acceptors (Lipinski definition) is 6. The Morgan fingerprint density at radius 3 is 2.68 bits per heavy atom. The molecule has 1 aliphatic heterocycles. The number of fused-ring (bicyclic) bond motifs is 5. The minimum Gasteiger partial charge on any atom is -0.358 e. The zero-order valence-electron chi connectivity index (χ0n) is 22.9. The lowest BCUT2D eigenvalue weighted by Gasteiger charge is -2.58. The Hall–Kier alpha value is -2.22. The van der Waals surface area contributed by atoms with Gasteiger partial charge in [-0.25, -0.2) is 4.79 Å². The Balaban J connectivity index is 1.17. The summed E-state index contributed by atoms with van der Waals surface area (Å²) in [6, 6.07) is -0.145. The fourth-order valence-corrected chi connectivity index (χ4v) is 9.02. The van der Waals surface area contributed by atoms with Crippen LogP contribution in [0.2, 0.25) is 0 Å². The van der Waals surface area contributed by atoms with Crippen LogP contribution in [0.5, 0.6) is 0 Å². The van der Waals surface area contributed by atoms with E-state index < -0.39 is 6.09 Å². The highest BCUT2D eigenvalue weighted by Gasteiger charge is 2.59. The van der Waals surface area contributed by atoms with Crippen molar-refractivity contribution in [2.45, 2.75) is 97.1 Å². The maximum absolute atomic E-state index is 12.4. The van der Waals surface area contributed by atoms with Crippen molar-refractivity contribution < 1.29 is 19.2 Å². The third-order valence-corrected chi connectivity index (χ3v) is 11.0. The van der Waals surface area contributed by atoms with Gasteiger partial charge in [0.1, 0.15) is 0 Å². The Morgan fingerprint density at radius 2 is 1.89 bits per heavy atom. The van der Waals surface area contributed by atoms with Gasteiger partial charge in [0.15, 0.2) is 5.78 Å². The van der Waals surface area contributed by atoms with E-state index in [9.17, 15) is 14.4 Å². The zero-order chi connectivity index (χ0) is 26.4. The topological polar surface area (TPSA) is 109 Å². The smallest absolute Gasteiger partial charge is 0.358 e. The number of rotatable bonds is 5. The Kier molecular flexibility index (Phi) is 7.24. The summed E-state index contributed by atoms with van der Waals surface area (Å²) in [5.41, 5.74) is 2.70. The molecule has 0 bridgehead atoms. The van der Waals surface area contributed by atoms with Gasteiger partial charge in [-0.3, -0.25) is 14.4 Å². The molecule has 0 aromatic rings. The molecule has 3 N–H and O–H groups in total. The molecular formula is C29H44N4O4. The molecule has 0 aromatic carbocycles. The summed E-state index contributed by atoms with van der Waals surface area (Å²) in [7, 11) is 1.63. The number of carbonyl (C=O) groups excluding carboxylic acids is 3. The van der Waals surface area contributed by atoms with E-state index in [0.29, 0.717) is 42.4 Å². The highest BCUT2D eigenvalue weighted by molar-refractivity contribution is 5.91. The van der Waals surface area contributed by atoms with E-state index >= 15 is 0 Å². The average Bonchev–Trinajstić information content (AvgIpc) is 3.50. The van der Waals surface area contributed by atoms with E-state index in [1.54, 1.807) is 7.05 Å². The summed E-state index contributed by atoms with van der Waals surface area (Å²) in [5, 5.41) is 13.0. The Bertz CT molecular complexity index is 1010. The minimum absolute atomic E-state index is 0.0178. The van der Waals surface area contributed by atoms with Gasteiger partial charge in [-0.2, -0.15) is 0 Å². The first-order chi connectivity index (χ1) is 17.7. The van der Waals surface area contributed by atoms with E-state index in [-0.39, 0.29) is 28.8 Å². The summed E-state index contributed by atoms with van der Waals surface area (Å²) in [6.07, 6.45) is 11.7. The van der Waals surface area contributed by atoms with Crippen molar-refractivity contribution in [3.8, 4) is 0 Å². The van der Waals surface area contributed by atoms with Crippen LogP contribution in [0, 0.1) is 34.5 Å². The van der Waals surface area contributed by atoms with Crippen LogP contribution in [0.3, 0.4) is 0 Å². The van der Waals surface area contributed by atoms with Crippen molar-refractivity contribution in [3.05, 3.63) is 11.6 Å². The van der Waals surface area contributed by atoms with Crippen molar-refractivity contribution in [2.24, 2.45) is 39.7 Å². The van der Waals surface area contributed by atoms with Crippen LogP contribution >= 0.6 is 0 Å². The highest BCUT2D eigenvalue weighted by Crippen LogP contribution is 2.66. The highest BCUT2D eigenvalue weighted by atomic mass is 16.7. The molecule has 8 nitrogen and oxygen atoms in total. The van der Waals surface area contributed by atoms with Gasteiger partial charge in [0.05, 0.1) is 11.8 Å². The molecule has 4 fully saturated rings. The van der Waals surface area contributed by atoms with Gasteiger partial charge in [0.2, 0.25) is 5.91 Å². The minimum atomic E-state index is -0.542. The zero-order valence-corrected chi connectivity index (χ0v) is 22.9. The molecule has 204 valence electrons. The Labute approximate surface area is 220 Å². The fraction of sp³-hybridized carbons (Fsp3) is 0.793. The van der Waals surface area contributed by atoms with Gasteiger partial charge in [-0.1, -0.05) is 24.6 Å². The van der Waals surface area contributed by atoms with E-state index in [1.165, 1.54) is 31.3 Å². The molecule has 2 amide bonds. The van der Waals surface area contributed by atoms with E-state index in [2.05, 4.69) is 35.0 Å². The first kappa shape index (κ1) is 26.4. The third-order valence-electron chi connectivity index (χ3n) is 11.0. The fourth-order valence-electron chi connectivity index (χ4n) is 9.02. The lowest BCUT2D eigenvalue weighted by Crippen LogP contribution is -2.51. The second-order valence-corrected chi connectivity index (χ2v) is 12.7. The second kappa shape index (κ2) is 10.2. The summed E-state index contributed by atoms with van der Waals surface area (Å²) < 4.78 is 0. The van der Waals surface area contributed by atoms with Crippen molar-refractivity contribution >= 4 is 23.5 Å². The predicted octanol–water partition coefficient (Wildman–Crippen LogP) is 4.10. The molecule has 3 saturated carbocycles. The molecule has 0 radical (unpaired) electrons. The number of likely N-dealkylation sites (N-methyl/N-ethyl adjacent to an activating group) is 1. The standard InChI is InChI=1S/C29H44N4O4/c1-17(33-37-27(36)31-16-19-6-10-25(32-19)26(35)30-4)22-8-9-23-21-7-5-18-15-20(34)11-13-28(18,2)24(21)12-14-29(22,23)3/h15,19,21-25,32H,5-14,16H2,1-4H3,(H,30,35)(H,31,36)/b33-17+/t19?,21-,22+,23-,24-,25?,28-,29+/m0/s1. The van der Waals surface area contributed by atoms with Crippen LogP contribution in [0.1, 0.15) is 85.0 Å². The number of nitrogens with one attached hydrogen (secondary N) is 3. The number of carbonyl (C=O) groups is 3. The molecule has 5 aliphatic rings. The summed E-state index contributed by atoms with van der Waals surface area (Å²) in [5.74, 6) is 2.66. The number of oxime groups is 1. The number of allylic oxidation sites excluding steroid dienone is 1. The Morgan fingerprint density at radius 1 is 1.08 bits per heavy atom. The molecule has 2 unspecified atom stereocenters. The largest absolute Gasteiger partial charge is 0.433 e. The number of nitrogens with zero attached hydrogens (tertiary/aromatic N) is 1. The normalized spacial score (nSPS) is 41.2. The summed E-state index contributed by atoms with van der Waals surface area (Å²) in [6.45, 7) is 7.29. The van der Waals surface area contributed by atoms with Crippen molar-refractivity contribution in [3.63, 3.8) is 0 Å². The van der Waals surface area contributed by atoms with Gasteiger partial charge in [0, 0.05) is 32.0 Å². The molecule has 8 heteroatoms. The van der Waals surface area contributed by atoms with Crippen LogP contribution in [0.15, 0.2) is 16.8 Å². The van der Waals surface area contributed by atoms with E-state index in [1.807, 2.05) is 13.0 Å². The van der Waals surface area contributed by atoms with Crippen molar-refractivity contribution in [2.75, 3.05) is 13.6 Å². The molecule has 8 atom stereocenters. The van der Waals surface area contributed by atoms with Gasteiger partial charge in [-0.05, 0) is 99.4 Å². The van der Waals surface area contributed by atoms with Crippen LogP contribution in [-0.4, -0.2) is 49.2 Å². The first-order valence-corrected chi connectivity index (χ1v) is 14.4. The molecule has 5 rings (SSSR count). The molecule has 37 heavy (non-hydrogen) atoms. The maximum atomic E-state index is 12.4. The van der Waals surface area contributed by atoms with Crippen molar-refractivity contribution in [1.29, 1.82) is 0 Å². The summed E-state index contributed by atoms with van der Waals surface area (Å²) >= 11 is 0. The molecule has 0 spiro atoms. The number of hydrogen-bond donors (Lipinski definition) is 3. The van der Waals surface area contributed by atoms with Crippen LogP contribution in [-0.2, 0) is 14.4 Å². The van der Waals surface area contributed by atoms with E-state index in [0.717, 1.165) is 37.8 Å². The number of amides is 2. The van der Waals surface area contributed by atoms with Gasteiger partial charge < -0.3 is 16.0 Å². The quantitative estimate of drug-likeness (QED) is 0.292. The van der Waals surface area contributed by atoms with Crippen LogP contribution in [0.4, 0.5) is 4.79 Å². The van der Waals surface area contributed by atoms with Crippen LogP contribution in [0.25, 0.3) is 0 Å². The number of ketones is 1. The SMILES string of the molecule is CNC(=O)C1CCC(CNC(=O)O/N=C(\C)[C@H]2CC[C@H]3[C@@H]4CCC5=CC(=O)CC[C@]5(C)[C@H]4CC[C@]23C)N1. The molecule has 1 saturated heterocycles. The summed E-state index contributed by atoms with van der Waals surface area (Å²) in [4.78, 5) is 41.5. The van der Waals surface area contributed by atoms with Gasteiger partial charge >= 0.3 is 6.09 Å². The lowest BCUT2D eigenvalue weighted by atomic mass is 9.46. The third kappa shape index (κ3) is 4.75. The van der Waals surface area contributed by atoms with Crippen LogP contribution < -0.4 is 16.0 Å². The second-order valence-electron chi connectivity index (χ2n) is 12.7. The maximum Gasteiger partial charge on any atom is 0.433 e. The molecule has 0 aromatic heterocycles. The molecule has 4 aliphatic carbocycles. The van der Waals surface area contributed by atoms with E-state index in [4.69, 9.17) is 4.84 Å². The van der Waals surface area contributed by atoms with Gasteiger partial charge in [0.25, 0.3) is 0 Å². The van der Waals surface area contributed by atoms with Crippen molar-refractivity contribution in [1.82, 2.24) is 16.0 Å². The molecule has 1 heterocycles. The average molecular weight is 513 g/mol. The molecular weight excluding hydrogens is 468 g/mol. The predicted molar refractivity (Wildman–Crippen MR) is 142 cm³/mol. The monoisotopic (exact) mass is 512 g/mol. The first-order valence-electron chi connectivity index (χ1n) is 14.4. The lowest BCUT2D eigenvalue weighted by molar-refractivity contribution is -0.122. The van der Waals surface area contributed by atoms with Gasteiger partial charge in [-0.15, -0.1) is 0 Å².